The Morgan fingerprint density at radius 3 is 2.44 bits per heavy atom. The number of carbonyl (C=O) groups is 1. The van der Waals surface area contributed by atoms with Crippen LogP contribution in [0.3, 0.4) is 0 Å². The molecule has 128 valence electrons. The molecular formula is C17H13Cl2N3O2S. The highest BCUT2D eigenvalue weighted by Crippen LogP contribution is 2.31. The van der Waals surface area contributed by atoms with Gasteiger partial charge in [0, 0.05) is 5.56 Å². The molecule has 25 heavy (non-hydrogen) atoms. The van der Waals surface area contributed by atoms with E-state index in [-0.39, 0.29) is 5.91 Å². The van der Waals surface area contributed by atoms with Crippen LogP contribution in [0.5, 0.6) is 0 Å². The summed E-state index contributed by atoms with van der Waals surface area (Å²) in [5.74, 6) is 0.143. The lowest BCUT2D eigenvalue weighted by Crippen LogP contribution is -2.22. The molecule has 1 heterocycles. The Morgan fingerprint density at radius 2 is 1.76 bits per heavy atom. The molecule has 0 aliphatic heterocycles. The van der Waals surface area contributed by atoms with Crippen LogP contribution in [-0.4, -0.2) is 21.4 Å². The van der Waals surface area contributed by atoms with Gasteiger partial charge in [0.05, 0.1) is 21.0 Å². The SMILES string of the molecule is C[C@@H](Sc1nnc(-c2ccccc2)o1)C(=O)Nc1c(Cl)cccc1Cl. The van der Waals surface area contributed by atoms with Gasteiger partial charge in [-0.25, -0.2) is 0 Å². The van der Waals surface area contributed by atoms with Crippen molar-refractivity contribution in [2.75, 3.05) is 5.32 Å². The van der Waals surface area contributed by atoms with Gasteiger partial charge in [-0.05, 0) is 31.2 Å². The quantitative estimate of drug-likeness (QED) is 0.606. The summed E-state index contributed by atoms with van der Waals surface area (Å²) in [4.78, 5) is 12.4. The molecule has 0 saturated carbocycles. The maximum atomic E-state index is 12.4. The summed E-state index contributed by atoms with van der Waals surface area (Å²) in [6.07, 6.45) is 0. The molecular weight excluding hydrogens is 381 g/mol. The molecule has 0 unspecified atom stereocenters. The van der Waals surface area contributed by atoms with Gasteiger partial charge in [-0.1, -0.05) is 59.2 Å². The minimum absolute atomic E-state index is 0.264. The standard InChI is InChI=1S/C17H13Cl2N3O2S/c1-10(15(23)20-14-12(18)8-5-9-13(14)19)25-17-22-21-16(24-17)11-6-3-2-4-7-11/h2-10H,1H3,(H,20,23)/t10-/m1/s1. The Kier molecular flexibility index (Phi) is 5.63. The second-order valence-corrected chi connectivity index (χ2v) is 7.19. The summed E-state index contributed by atoms with van der Waals surface area (Å²) in [7, 11) is 0. The Hall–Kier alpha value is -2.02. The molecule has 3 aromatic rings. The average molecular weight is 394 g/mol. The number of hydrogen-bond acceptors (Lipinski definition) is 5. The lowest BCUT2D eigenvalue weighted by molar-refractivity contribution is -0.115. The van der Waals surface area contributed by atoms with E-state index in [4.69, 9.17) is 27.6 Å². The second-order valence-electron chi connectivity index (χ2n) is 5.09. The maximum absolute atomic E-state index is 12.4. The van der Waals surface area contributed by atoms with Gasteiger partial charge in [0.1, 0.15) is 0 Å². The molecule has 0 aliphatic carbocycles. The highest BCUT2D eigenvalue weighted by Gasteiger charge is 2.20. The Labute approximate surface area is 158 Å². The molecule has 0 aliphatic rings. The van der Waals surface area contributed by atoms with E-state index in [0.29, 0.717) is 26.8 Å². The van der Waals surface area contributed by atoms with Crippen molar-refractivity contribution in [3.05, 3.63) is 58.6 Å². The fraction of sp³-hybridized carbons (Fsp3) is 0.118. The molecule has 5 nitrogen and oxygen atoms in total. The van der Waals surface area contributed by atoms with E-state index < -0.39 is 5.25 Å². The van der Waals surface area contributed by atoms with Crippen molar-refractivity contribution < 1.29 is 9.21 Å². The van der Waals surface area contributed by atoms with Crippen LogP contribution in [0.2, 0.25) is 10.0 Å². The normalized spacial score (nSPS) is 12.0. The molecule has 8 heteroatoms. The molecule has 0 saturated heterocycles. The van der Waals surface area contributed by atoms with E-state index in [2.05, 4.69) is 15.5 Å². The van der Waals surface area contributed by atoms with E-state index in [0.717, 1.165) is 17.3 Å². The number of thioether (sulfide) groups is 1. The molecule has 0 spiro atoms. The largest absolute Gasteiger partial charge is 0.411 e. The molecule has 0 bridgehead atoms. The Balaban J connectivity index is 1.67. The molecule has 1 N–H and O–H groups in total. The first-order valence-electron chi connectivity index (χ1n) is 7.35. The van der Waals surface area contributed by atoms with E-state index in [1.807, 2.05) is 30.3 Å². The number of amides is 1. The van der Waals surface area contributed by atoms with Crippen LogP contribution in [0, 0.1) is 0 Å². The van der Waals surface area contributed by atoms with Crippen molar-refractivity contribution in [1.29, 1.82) is 0 Å². The van der Waals surface area contributed by atoms with E-state index in [9.17, 15) is 4.79 Å². The van der Waals surface area contributed by atoms with Crippen LogP contribution in [0.15, 0.2) is 58.2 Å². The van der Waals surface area contributed by atoms with Crippen molar-refractivity contribution in [3.63, 3.8) is 0 Å². The molecule has 1 aromatic heterocycles. The number of aromatic nitrogens is 2. The van der Waals surface area contributed by atoms with Crippen LogP contribution >= 0.6 is 35.0 Å². The van der Waals surface area contributed by atoms with Crippen LogP contribution in [-0.2, 0) is 4.79 Å². The topological polar surface area (TPSA) is 68.0 Å². The van der Waals surface area contributed by atoms with Crippen LogP contribution in [0.4, 0.5) is 5.69 Å². The van der Waals surface area contributed by atoms with Crippen molar-refractivity contribution >= 4 is 46.6 Å². The minimum atomic E-state index is -0.476. The zero-order valence-electron chi connectivity index (χ0n) is 13.1. The number of nitrogens with zero attached hydrogens (tertiary/aromatic N) is 2. The highest BCUT2D eigenvalue weighted by molar-refractivity contribution is 8.00. The van der Waals surface area contributed by atoms with Crippen molar-refractivity contribution in [2.24, 2.45) is 0 Å². The number of benzene rings is 2. The first-order valence-corrected chi connectivity index (χ1v) is 8.98. The fourth-order valence-corrected chi connectivity index (χ4v) is 3.18. The second kappa shape index (κ2) is 7.91. The zero-order valence-corrected chi connectivity index (χ0v) is 15.4. The van der Waals surface area contributed by atoms with Crippen molar-refractivity contribution in [3.8, 4) is 11.5 Å². The first-order chi connectivity index (χ1) is 12.0. The number of carbonyl (C=O) groups excluding carboxylic acids is 1. The Morgan fingerprint density at radius 1 is 1.08 bits per heavy atom. The van der Waals surface area contributed by atoms with Crippen molar-refractivity contribution in [2.45, 2.75) is 17.4 Å². The van der Waals surface area contributed by atoms with Gasteiger partial charge in [0.15, 0.2) is 0 Å². The van der Waals surface area contributed by atoms with Gasteiger partial charge >= 0.3 is 0 Å². The number of hydrogen-bond donors (Lipinski definition) is 1. The minimum Gasteiger partial charge on any atom is -0.411 e. The number of para-hydroxylation sites is 1. The first kappa shape index (κ1) is 17.8. The van der Waals surface area contributed by atoms with Gasteiger partial charge in [0.25, 0.3) is 5.22 Å². The van der Waals surface area contributed by atoms with Crippen molar-refractivity contribution in [1.82, 2.24) is 10.2 Å². The summed E-state index contributed by atoms with van der Waals surface area (Å²) in [5.41, 5.74) is 1.21. The maximum Gasteiger partial charge on any atom is 0.277 e. The lowest BCUT2D eigenvalue weighted by atomic mass is 10.2. The predicted octanol–water partition coefficient (Wildman–Crippen LogP) is 5.16. The molecule has 0 fully saturated rings. The smallest absolute Gasteiger partial charge is 0.277 e. The van der Waals surface area contributed by atoms with Gasteiger partial charge < -0.3 is 9.73 Å². The third-order valence-electron chi connectivity index (χ3n) is 3.28. The Bertz CT molecular complexity index is 866. The highest BCUT2D eigenvalue weighted by atomic mass is 35.5. The fourth-order valence-electron chi connectivity index (χ4n) is 2.00. The van der Waals surface area contributed by atoms with Gasteiger partial charge in [-0.2, -0.15) is 0 Å². The van der Waals surface area contributed by atoms with Gasteiger partial charge in [-0.15, -0.1) is 10.2 Å². The van der Waals surface area contributed by atoms with Crippen LogP contribution in [0.1, 0.15) is 6.92 Å². The predicted molar refractivity (Wildman–Crippen MR) is 100 cm³/mol. The number of nitrogens with one attached hydrogen (secondary N) is 1. The van der Waals surface area contributed by atoms with Gasteiger partial charge in [-0.3, -0.25) is 4.79 Å². The van der Waals surface area contributed by atoms with E-state index in [1.165, 1.54) is 0 Å². The average Bonchev–Trinajstić information content (AvgIpc) is 3.07. The summed E-state index contributed by atoms with van der Waals surface area (Å²) in [6.45, 7) is 1.73. The van der Waals surface area contributed by atoms with E-state index >= 15 is 0 Å². The summed E-state index contributed by atoms with van der Waals surface area (Å²) < 4.78 is 5.60. The van der Waals surface area contributed by atoms with E-state index in [1.54, 1.807) is 25.1 Å². The molecule has 1 amide bonds. The molecule has 2 aromatic carbocycles. The summed E-state index contributed by atoms with van der Waals surface area (Å²) in [5, 5.41) is 11.3. The number of halogens is 2. The monoisotopic (exact) mass is 393 g/mol. The molecule has 1 atom stereocenters. The van der Waals surface area contributed by atoms with Crippen LogP contribution in [0.25, 0.3) is 11.5 Å². The number of rotatable bonds is 5. The third-order valence-corrected chi connectivity index (χ3v) is 4.85. The zero-order chi connectivity index (χ0) is 17.8. The molecule has 3 rings (SSSR count). The third kappa shape index (κ3) is 4.34. The summed E-state index contributed by atoms with van der Waals surface area (Å²) in [6, 6.07) is 14.4. The summed E-state index contributed by atoms with van der Waals surface area (Å²) >= 11 is 13.3. The molecule has 0 radical (unpaired) electrons. The lowest BCUT2D eigenvalue weighted by Gasteiger charge is -2.12. The van der Waals surface area contributed by atoms with Crippen LogP contribution < -0.4 is 5.32 Å². The number of anilines is 1. The van der Waals surface area contributed by atoms with Gasteiger partial charge in [0.2, 0.25) is 11.8 Å².